The summed E-state index contributed by atoms with van der Waals surface area (Å²) in [7, 11) is 0. The number of hydrogen-bond acceptors (Lipinski definition) is 4. The Balaban J connectivity index is 1.41. The average Bonchev–Trinajstić information content (AvgIpc) is 3.19. The zero-order valence-corrected chi connectivity index (χ0v) is 16.7. The molecule has 2 N–H and O–H groups in total. The number of H-pyrrole nitrogens is 1. The second kappa shape index (κ2) is 8.21. The summed E-state index contributed by atoms with van der Waals surface area (Å²) in [6, 6.07) is 20.4. The summed E-state index contributed by atoms with van der Waals surface area (Å²) >= 11 is 0. The molecular weight excluding hydrogens is 378 g/mol. The van der Waals surface area contributed by atoms with Crippen molar-refractivity contribution in [1.82, 2.24) is 9.97 Å². The molecule has 0 aliphatic carbocycles. The van der Waals surface area contributed by atoms with Crippen LogP contribution in [0.2, 0.25) is 0 Å². The van der Waals surface area contributed by atoms with Gasteiger partial charge >= 0.3 is 5.97 Å². The third kappa shape index (κ3) is 4.22. The number of ether oxygens (including phenoxy) is 1. The number of aromatic nitrogens is 2. The smallest absolute Gasteiger partial charge is 0.338 e. The van der Waals surface area contributed by atoms with E-state index in [1.165, 1.54) is 0 Å². The summed E-state index contributed by atoms with van der Waals surface area (Å²) in [5.74, 6) is -0.229. The van der Waals surface area contributed by atoms with Crippen LogP contribution >= 0.6 is 0 Å². The van der Waals surface area contributed by atoms with Gasteiger partial charge in [-0.2, -0.15) is 0 Å². The number of aryl methyl sites for hydroxylation is 2. The molecule has 0 saturated carbocycles. The number of rotatable bonds is 5. The number of hydrogen-bond donors (Lipinski definition) is 2. The summed E-state index contributed by atoms with van der Waals surface area (Å²) in [6.45, 7) is 3.61. The van der Waals surface area contributed by atoms with E-state index < -0.39 is 5.97 Å². The number of nitrogens with zero attached hydrogens (tertiary/aromatic N) is 1. The molecule has 0 aliphatic heterocycles. The Morgan fingerprint density at radius 1 is 0.967 bits per heavy atom. The van der Waals surface area contributed by atoms with Gasteiger partial charge in [-0.3, -0.25) is 4.79 Å². The van der Waals surface area contributed by atoms with Crippen LogP contribution in [0, 0.1) is 13.8 Å². The topological polar surface area (TPSA) is 84.1 Å². The summed E-state index contributed by atoms with van der Waals surface area (Å²) < 4.78 is 5.17. The molecule has 4 aromatic rings. The molecular formula is C24H21N3O3. The van der Waals surface area contributed by atoms with Gasteiger partial charge in [-0.15, -0.1) is 0 Å². The molecule has 0 aliphatic rings. The second-order valence-corrected chi connectivity index (χ2v) is 7.11. The van der Waals surface area contributed by atoms with Crippen molar-refractivity contribution >= 4 is 28.6 Å². The van der Waals surface area contributed by atoms with E-state index in [4.69, 9.17) is 4.74 Å². The zero-order valence-electron chi connectivity index (χ0n) is 16.7. The number of esters is 1. The lowest BCUT2D eigenvalue weighted by Crippen LogP contribution is -2.21. The molecule has 0 spiro atoms. The van der Waals surface area contributed by atoms with Gasteiger partial charge in [0.25, 0.3) is 5.91 Å². The molecule has 1 aromatic heterocycles. The standard InChI is InChI=1S/C24H21N3O3/c1-15-8-10-19(12-16(15)2)25-22(28)14-30-24(29)18-9-11-20-21(13-18)27-23(26-20)17-6-4-3-5-7-17/h3-13H,14H2,1-2H3,(H,25,28)(H,26,27). The van der Waals surface area contributed by atoms with E-state index in [-0.39, 0.29) is 12.5 Å². The fourth-order valence-electron chi connectivity index (χ4n) is 3.10. The van der Waals surface area contributed by atoms with Crippen LogP contribution in [0.3, 0.4) is 0 Å². The highest BCUT2D eigenvalue weighted by Gasteiger charge is 2.13. The van der Waals surface area contributed by atoms with Crippen LogP contribution in [-0.2, 0) is 9.53 Å². The van der Waals surface area contributed by atoms with Crippen molar-refractivity contribution in [2.45, 2.75) is 13.8 Å². The van der Waals surface area contributed by atoms with Crippen LogP contribution in [0.5, 0.6) is 0 Å². The van der Waals surface area contributed by atoms with Gasteiger partial charge in [-0.05, 0) is 55.3 Å². The van der Waals surface area contributed by atoms with Gasteiger partial charge < -0.3 is 15.0 Å². The highest BCUT2D eigenvalue weighted by Crippen LogP contribution is 2.21. The first-order valence-corrected chi connectivity index (χ1v) is 9.59. The Labute approximate surface area is 173 Å². The minimum Gasteiger partial charge on any atom is -0.452 e. The number of imidazole rings is 1. The number of carbonyl (C=O) groups excluding carboxylic acids is 2. The lowest BCUT2D eigenvalue weighted by Gasteiger charge is -2.08. The van der Waals surface area contributed by atoms with E-state index in [2.05, 4.69) is 15.3 Å². The molecule has 6 heteroatoms. The normalized spacial score (nSPS) is 10.7. The SMILES string of the molecule is Cc1ccc(NC(=O)COC(=O)c2ccc3nc(-c4ccccc4)[nH]c3c2)cc1C. The number of amides is 1. The first-order valence-electron chi connectivity index (χ1n) is 9.59. The molecule has 0 saturated heterocycles. The molecule has 0 atom stereocenters. The maximum atomic E-state index is 12.4. The third-order valence-corrected chi connectivity index (χ3v) is 4.89. The minimum absolute atomic E-state index is 0.352. The highest BCUT2D eigenvalue weighted by atomic mass is 16.5. The van der Waals surface area contributed by atoms with Crippen LogP contribution in [0.15, 0.2) is 66.7 Å². The van der Waals surface area contributed by atoms with Crippen molar-refractivity contribution in [3.63, 3.8) is 0 Å². The summed E-state index contributed by atoms with van der Waals surface area (Å²) in [5.41, 5.74) is 5.68. The van der Waals surface area contributed by atoms with Gasteiger partial charge in [0.05, 0.1) is 16.6 Å². The predicted molar refractivity (Wildman–Crippen MR) is 116 cm³/mol. The number of aromatic amines is 1. The van der Waals surface area contributed by atoms with Gasteiger partial charge in [-0.1, -0.05) is 36.4 Å². The van der Waals surface area contributed by atoms with Crippen molar-refractivity contribution in [3.8, 4) is 11.4 Å². The van der Waals surface area contributed by atoms with E-state index in [1.54, 1.807) is 18.2 Å². The first kappa shape index (κ1) is 19.4. The Morgan fingerprint density at radius 2 is 1.77 bits per heavy atom. The molecule has 0 radical (unpaired) electrons. The van der Waals surface area contributed by atoms with Crippen LogP contribution in [0.1, 0.15) is 21.5 Å². The molecule has 0 bridgehead atoms. The second-order valence-electron chi connectivity index (χ2n) is 7.11. The third-order valence-electron chi connectivity index (χ3n) is 4.89. The number of benzene rings is 3. The monoisotopic (exact) mass is 399 g/mol. The Kier molecular flexibility index (Phi) is 5.30. The first-order chi connectivity index (χ1) is 14.5. The van der Waals surface area contributed by atoms with Crippen molar-refractivity contribution < 1.29 is 14.3 Å². The number of nitrogens with one attached hydrogen (secondary N) is 2. The van der Waals surface area contributed by atoms with Crippen LogP contribution in [0.4, 0.5) is 5.69 Å². The Morgan fingerprint density at radius 3 is 2.53 bits per heavy atom. The van der Waals surface area contributed by atoms with Crippen molar-refractivity contribution in [2.24, 2.45) is 0 Å². The van der Waals surface area contributed by atoms with Gasteiger partial charge in [0.1, 0.15) is 5.82 Å². The quantitative estimate of drug-likeness (QED) is 0.479. The van der Waals surface area contributed by atoms with E-state index in [0.717, 1.165) is 33.5 Å². The van der Waals surface area contributed by atoms with Gasteiger partial charge in [0, 0.05) is 11.3 Å². The van der Waals surface area contributed by atoms with Crippen LogP contribution in [-0.4, -0.2) is 28.5 Å². The molecule has 1 amide bonds. The maximum absolute atomic E-state index is 12.4. The fourth-order valence-corrected chi connectivity index (χ4v) is 3.10. The molecule has 30 heavy (non-hydrogen) atoms. The van der Waals surface area contributed by atoms with E-state index >= 15 is 0 Å². The molecule has 0 fully saturated rings. The largest absolute Gasteiger partial charge is 0.452 e. The summed E-state index contributed by atoms with van der Waals surface area (Å²) in [6.07, 6.45) is 0. The molecule has 1 heterocycles. The van der Waals surface area contributed by atoms with Crippen molar-refractivity contribution in [3.05, 3.63) is 83.4 Å². The van der Waals surface area contributed by atoms with E-state index in [9.17, 15) is 9.59 Å². The maximum Gasteiger partial charge on any atom is 0.338 e. The van der Waals surface area contributed by atoms with Crippen LogP contribution < -0.4 is 5.32 Å². The zero-order chi connectivity index (χ0) is 21.1. The summed E-state index contributed by atoms with van der Waals surface area (Å²) in [4.78, 5) is 32.3. The molecule has 3 aromatic carbocycles. The van der Waals surface area contributed by atoms with Crippen LogP contribution in [0.25, 0.3) is 22.4 Å². The fraction of sp³-hybridized carbons (Fsp3) is 0.125. The summed E-state index contributed by atoms with van der Waals surface area (Å²) in [5, 5.41) is 2.74. The van der Waals surface area contributed by atoms with Crippen molar-refractivity contribution in [1.29, 1.82) is 0 Å². The molecule has 150 valence electrons. The van der Waals surface area contributed by atoms with Gasteiger partial charge in [0.15, 0.2) is 6.61 Å². The van der Waals surface area contributed by atoms with E-state index in [0.29, 0.717) is 11.3 Å². The van der Waals surface area contributed by atoms with Crippen molar-refractivity contribution in [2.75, 3.05) is 11.9 Å². The van der Waals surface area contributed by atoms with Gasteiger partial charge in [-0.25, -0.2) is 9.78 Å². The molecule has 4 rings (SSSR count). The Bertz CT molecular complexity index is 1230. The molecule has 0 unspecified atom stereocenters. The highest BCUT2D eigenvalue weighted by molar-refractivity contribution is 5.97. The lowest BCUT2D eigenvalue weighted by atomic mass is 10.1. The van der Waals surface area contributed by atoms with E-state index in [1.807, 2.05) is 62.4 Å². The van der Waals surface area contributed by atoms with Gasteiger partial charge in [0.2, 0.25) is 0 Å². The number of fused-ring (bicyclic) bond motifs is 1. The predicted octanol–water partition coefficient (Wildman–Crippen LogP) is 4.64. The number of carbonyl (C=O) groups is 2. The lowest BCUT2D eigenvalue weighted by molar-refractivity contribution is -0.119. The minimum atomic E-state index is -0.567. The molecule has 6 nitrogen and oxygen atoms in total. The number of anilines is 1. The Hall–Kier alpha value is -3.93. The average molecular weight is 399 g/mol.